The minimum Gasteiger partial charge on any atom is -0.500 e. The van der Waals surface area contributed by atoms with Gasteiger partial charge >= 0.3 is 5.69 Å². The molecule has 0 atom stereocenters. The first-order chi connectivity index (χ1) is 15.2. The zero-order valence-electron chi connectivity index (χ0n) is 16.9. The molecule has 1 saturated heterocycles. The number of methoxy groups -OCH3 is 1. The van der Waals surface area contributed by atoms with Crippen molar-refractivity contribution in [2.75, 3.05) is 25.2 Å². The highest BCUT2D eigenvalue weighted by atomic mass is 32.2. The number of rotatable bonds is 7. The van der Waals surface area contributed by atoms with Crippen molar-refractivity contribution in [1.82, 2.24) is 4.90 Å². The monoisotopic (exact) mass is 475 g/mol. The Morgan fingerprint density at radius 1 is 1.34 bits per heavy atom. The summed E-state index contributed by atoms with van der Waals surface area (Å²) in [4.78, 5) is 49.4. The molecule has 12 heteroatoms. The van der Waals surface area contributed by atoms with E-state index in [1.165, 1.54) is 31.0 Å². The minimum atomic E-state index is -0.794. The molecule has 1 fully saturated rings. The van der Waals surface area contributed by atoms with Crippen LogP contribution in [0.1, 0.15) is 5.56 Å². The number of amides is 3. The second-order valence-electron chi connectivity index (χ2n) is 6.40. The number of nitro groups is 1. The van der Waals surface area contributed by atoms with Gasteiger partial charge in [0.2, 0.25) is 11.7 Å². The summed E-state index contributed by atoms with van der Waals surface area (Å²) in [6.07, 6.45) is 3.16. The number of benzene rings is 2. The summed E-state index contributed by atoms with van der Waals surface area (Å²) in [5.74, 6) is -2.06. The molecule has 3 rings (SSSR count). The van der Waals surface area contributed by atoms with Crippen LogP contribution in [0.25, 0.3) is 6.08 Å². The van der Waals surface area contributed by atoms with E-state index in [0.717, 1.165) is 15.9 Å². The molecule has 0 aromatic heterocycles. The molecule has 0 aliphatic carbocycles. The molecule has 10 nitrogen and oxygen atoms in total. The van der Waals surface area contributed by atoms with E-state index in [2.05, 4.69) is 5.32 Å². The van der Waals surface area contributed by atoms with E-state index in [4.69, 9.17) is 4.74 Å². The fraction of sp³-hybridized carbons (Fsp3) is 0.150. The zero-order valence-corrected chi connectivity index (χ0v) is 18.5. The van der Waals surface area contributed by atoms with E-state index in [1.807, 2.05) is 12.3 Å². The Kier molecular flexibility index (Phi) is 7.05. The second-order valence-corrected chi connectivity index (χ2v) is 8.27. The predicted molar refractivity (Wildman–Crippen MR) is 121 cm³/mol. The van der Waals surface area contributed by atoms with Crippen LogP contribution in [0, 0.1) is 10.1 Å². The number of carbonyl (C=O) groups is 3. The van der Waals surface area contributed by atoms with Gasteiger partial charge in [-0.15, -0.1) is 11.8 Å². The van der Waals surface area contributed by atoms with Crippen molar-refractivity contribution in [3.05, 3.63) is 57.0 Å². The fourth-order valence-electron chi connectivity index (χ4n) is 2.82. The molecule has 0 saturated carbocycles. The highest BCUT2D eigenvalue weighted by Gasteiger charge is 2.36. The number of nitro benzene ring substituents is 1. The lowest BCUT2D eigenvalue weighted by molar-refractivity contribution is -0.386. The average molecular weight is 476 g/mol. The largest absolute Gasteiger partial charge is 0.500 e. The molecule has 32 heavy (non-hydrogen) atoms. The SMILES string of the molecule is COc1cc(/C=C2/SC(=O)N(CC(=O)Nc3cccc(SC)c3)C2=O)cc([N+](=O)[O-])c1O. The summed E-state index contributed by atoms with van der Waals surface area (Å²) < 4.78 is 4.93. The topological polar surface area (TPSA) is 139 Å². The number of carbonyl (C=O) groups excluding carboxylic acids is 3. The number of anilines is 1. The van der Waals surface area contributed by atoms with E-state index < -0.39 is 40.0 Å². The number of hydrogen-bond donors (Lipinski definition) is 2. The Hall–Kier alpha value is -3.51. The number of phenols is 1. The third-order valence-corrected chi connectivity index (χ3v) is 5.95. The molecular weight excluding hydrogens is 458 g/mol. The van der Waals surface area contributed by atoms with Crippen molar-refractivity contribution in [3.8, 4) is 11.5 Å². The van der Waals surface area contributed by atoms with Gasteiger partial charge in [-0.3, -0.25) is 29.4 Å². The molecule has 1 aliphatic rings. The lowest BCUT2D eigenvalue weighted by Crippen LogP contribution is -2.36. The first-order valence-corrected chi connectivity index (χ1v) is 11.0. The lowest BCUT2D eigenvalue weighted by Gasteiger charge is -2.12. The molecule has 0 spiro atoms. The first kappa shape index (κ1) is 23.2. The van der Waals surface area contributed by atoms with Crippen molar-refractivity contribution >= 4 is 58.0 Å². The van der Waals surface area contributed by atoms with Gasteiger partial charge in [-0.1, -0.05) is 6.07 Å². The predicted octanol–water partition coefficient (Wildman–Crippen LogP) is 3.71. The zero-order chi connectivity index (χ0) is 23.4. The van der Waals surface area contributed by atoms with Gasteiger partial charge < -0.3 is 15.2 Å². The van der Waals surface area contributed by atoms with Crippen LogP contribution < -0.4 is 10.1 Å². The molecule has 1 heterocycles. The summed E-state index contributed by atoms with van der Waals surface area (Å²) in [6.45, 7) is -0.482. The summed E-state index contributed by atoms with van der Waals surface area (Å²) in [5, 5.41) is 23.0. The van der Waals surface area contributed by atoms with Crippen LogP contribution in [0.3, 0.4) is 0 Å². The molecule has 2 N–H and O–H groups in total. The maximum Gasteiger partial charge on any atom is 0.315 e. The molecule has 0 unspecified atom stereocenters. The Balaban J connectivity index is 1.78. The Morgan fingerprint density at radius 2 is 2.09 bits per heavy atom. The van der Waals surface area contributed by atoms with Crippen molar-refractivity contribution < 1.29 is 29.2 Å². The first-order valence-electron chi connectivity index (χ1n) is 8.98. The van der Waals surface area contributed by atoms with Crippen LogP contribution in [0.5, 0.6) is 11.5 Å². The summed E-state index contributed by atoms with van der Waals surface area (Å²) in [5.41, 5.74) is 0.102. The van der Waals surface area contributed by atoms with E-state index in [1.54, 1.807) is 18.2 Å². The number of aromatic hydroxyl groups is 1. The number of thioether (sulfide) groups is 2. The Labute approximate surface area is 190 Å². The quantitative estimate of drug-likeness (QED) is 0.265. The van der Waals surface area contributed by atoms with Gasteiger partial charge in [0.25, 0.3) is 11.1 Å². The lowest BCUT2D eigenvalue weighted by atomic mass is 10.1. The highest BCUT2D eigenvalue weighted by molar-refractivity contribution is 8.18. The number of hydrogen-bond acceptors (Lipinski definition) is 9. The van der Waals surface area contributed by atoms with Gasteiger partial charge in [0, 0.05) is 16.6 Å². The van der Waals surface area contributed by atoms with Gasteiger partial charge in [-0.2, -0.15) is 0 Å². The molecule has 0 radical (unpaired) electrons. The molecule has 2 aromatic rings. The van der Waals surface area contributed by atoms with Crippen LogP contribution in [0.15, 0.2) is 46.2 Å². The molecular formula is C20H17N3O7S2. The smallest absolute Gasteiger partial charge is 0.315 e. The van der Waals surface area contributed by atoms with Gasteiger partial charge in [0.15, 0.2) is 5.75 Å². The normalized spacial score (nSPS) is 14.7. The summed E-state index contributed by atoms with van der Waals surface area (Å²) in [6, 6.07) is 9.45. The third-order valence-electron chi connectivity index (χ3n) is 4.32. The number of nitrogens with one attached hydrogen (secondary N) is 1. The second kappa shape index (κ2) is 9.75. The molecule has 166 valence electrons. The molecule has 3 amide bonds. The van der Waals surface area contributed by atoms with Crippen LogP contribution in [-0.2, 0) is 9.59 Å². The maximum atomic E-state index is 12.7. The molecule has 2 aromatic carbocycles. The number of ether oxygens (including phenoxy) is 1. The average Bonchev–Trinajstić information content (AvgIpc) is 3.01. The van der Waals surface area contributed by atoms with Gasteiger partial charge in [-0.05, 0) is 53.9 Å². The summed E-state index contributed by atoms with van der Waals surface area (Å²) >= 11 is 2.11. The van der Waals surface area contributed by atoms with Gasteiger partial charge in [-0.25, -0.2) is 0 Å². The van der Waals surface area contributed by atoms with Gasteiger partial charge in [0.05, 0.1) is 16.9 Å². The van der Waals surface area contributed by atoms with Gasteiger partial charge in [0.1, 0.15) is 6.54 Å². The standard InChI is InChI=1S/C20H17N3O7S2/c1-30-15-7-11(6-14(18(15)25)23(28)29)8-16-19(26)22(20(27)32-16)10-17(24)21-12-4-3-5-13(9-12)31-2/h3-9,25H,10H2,1-2H3,(H,21,24)/b16-8+. The number of phenolic OH excluding ortho intramolecular Hbond substituents is 1. The highest BCUT2D eigenvalue weighted by Crippen LogP contribution is 2.39. The molecule has 0 bridgehead atoms. The van der Waals surface area contributed by atoms with Crippen LogP contribution in [0.2, 0.25) is 0 Å². The number of imide groups is 1. The van der Waals surface area contributed by atoms with E-state index in [-0.39, 0.29) is 16.2 Å². The van der Waals surface area contributed by atoms with E-state index in [0.29, 0.717) is 17.4 Å². The molecule has 1 aliphatic heterocycles. The van der Waals surface area contributed by atoms with Crippen LogP contribution >= 0.6 is 23.5 Å². The Morgan fingerprint density at radius 3 is 2.75 bits per heavy atom. The third kappa shape index (κ3) is 5.03. The summed E-state index contributed by atoms with van der Waals surface area (Å²) in [7, 11) is 1.23. The van der Waals surface area contributed by atoms with E-state index >= 15 is 0 Å². The van der Waals surface area contributed by atoms with Crippen molar-refractivity contribution in [3.63, 3.8) is 0 Å². The van der Waals surface area contributed by atoms with Crippen molar-refractivity contribution in [2.45, 2.75) is 4.90 Å². The van der Waals surface area contributed by atoms with Crippen molar-refractivity contribution in [2.24, 2.45) is 0 Å². The van der Waals surface area contributed by atoms with Crippen LogP contribution in [-0.4, -0.2) is 51.9 Å². The Bertz CT molecular complexity index is 1150. The minimum absolute atomic E-state index is 0.0192. The maximum absolute atomic E-state index is 12.7. The number of nitrogens with zero attached hydrogens (tertiary/aromatic N) is 2. The fourth-order valence-corrected chi connectivity index (χ4v) is 4.12. The van der Waals surface area contributed by atoms with Crippen molar-refractivity contribution in [1.29, 1.82) is 0 Å². The van der Waals surface area contributed by atoms with Crippen LogP contribution in [0.4, 0.5) is 16.2 Å². The van der Waals surface area contributed by atoms with E-state index in [9.17, 15) is 29.6 Å².